The predicted octanol–water partition coefficient (Wildman–Crippen LogP) is 3.42. The van der Waals surface area contributed by atoms with Crippen LogP contribution >= 0.6 is 11.8 Å². The van der Waals surface area contributed by atoms with Gasteiger partial charge < -0.3 is 24.1 Å². The standard InChI is InChI=1S/C22H29N3O4S/c1-14-16(3)25(12-18-5-4-8-27-18)22(24-14)30-13-21(26)23-15(2)17-6-7-19-20(11-17)29-10-9-28-19/h6-7,11,15,18H,4-5,8-10,12-13H2,1-3H3,(H,23,26)/t15-,18+/m1/s1. The Morgan fingerprint density at radius 1 is 1.27 bits per heavy atom. The summed E-state index contributed by atoms with van der Waals surface area (Å²) in [7, 11) is 0. The van der Waals surface area contributed by atoms with Crippen LogP contribution < -0.4 is 14.8 Å². The van der Waals surface area contributed by atoms with Crippen LogP contribution in [0.5, 0.6) is 11.5 Å². The molecular formula is C22H29N3O4S. The quantitative estimate of drug-likeness (QED) is 0.677. The maximum Gasteiger partial charge on any atom is 0.230 e. The zero-order valence-electron chi connectivity index (χ0n) is 17.8. The number of imidazole rings is 1. The molecule has 2 aliphatic rings. The van der Waals surface area contributed by atoms with Crippen LogP contribution in [-0.4, -0.2) is 47.1 Å². The molecule has 7 nitrogen and oxygen atoms in total. The molecule has 1 aromatic carbocycles. The Hall–Kier alpha value is -2.19. The van der Waals surface area contributed by atoms with Crippen molar-refractivity contribution >= 4 is 17.7 Å². The average Bonchev–Trinajstić information content (AvgIpc) is 3.36. The molecule has 162 valence electrons. The Balaban J connectivity index is 1.35. The van der Waals surface area contributed by atoms with Gasteiger partial charge in [-0.05, 0) is 51.3 Å². The highest BCUT2D eigenvalue weighted by Gasteiger charge is 2.21. The summed E-state index contributed by atoms with van der Waals surface area (Å²) in [5.74, 6) is 1.78. The van der Waals surface area contributed by atoms with Crippen LogP contribution in [-0.2, 0) is 16.1 Å². The van der Waals surface area contributed by atoms with Gasteiger partial charge in [0.25, 0.3) is 0 Å². The number of hydrogen-bond donors (Lipinski definition) is 1. The monoisotopic (exact) mass is 431 g/mol. The zero-order chi connectivity index (χ0) is 21.1. The first-order chi connectivity index (χ1) is 14.5. The van der Waals surface area contributed by atoms with Gasteiger partial charge in [-0.15, -0.1) is 0 Å². The first-order valence-corrected chi connectivity index (χ1v) is 11.5. The van der Waals surface area contributed by atoms with E-state index in [1.807, 2.05) is 32.0 Å². The first kappa shape index (κ1) is 21.1. The molecule has 2 aromatic rings. The number of rotatable bonds is 7. The lowest BCUT2D eigenvalue weighted by Gasteiger charge is -2.21. The number of amides is 1. The Bertz CT molecular complexity index is 908. The molecule has 1 fully saturated rings. The topological polar surface area (TPSA) is 74.6 Å². The highest BCUT2D eigenvalue weighted by molar-refractivity contribution is 7.99. The summed E-state index contributed by atoms with van der Waals surface area (Å²) in [5, 5.41) is 3.95. The summed E-state index contributed by atoms with van der Waals surface area (Å²) >= 11 is 1.47. The first-order valence-electron chi connectivity index (χ1n) is 10.5. The van der Waals surface area contributed by atoms with E-state index in [4.69, 9.17) is 14.2 Å². The van der Waals surface area contributed by atoms with E-state index in [1.165, 1.54) is 11.8 Å². The van der Waals surface area contributed by atoms with Gasteiger partial charge in [0.15, 0.2) is 16.7 Å². The van der Waals surface area contributed by atoms with Crippen molar-refractivity contribution in [2.45, 2.75) is 57.5 Å². The fourth-order valence-corrected chi connectivity index (χ4v) is 4.68. The molecule has 1 saturated heterocycles. The van der Waals surface area contributed by atoms with E-state index in [2.05, 4.69) is 21.8 Å². The largest absolute Gasteiger partial charge is 0.486 e. The van der Waals surface area contributed by atoms with Crippen molar-refractivity contribution in [1.82, 2.24) is 14.9 Å². The van der Waals surface area contributed by atoms with Crippen LogP contribution in [0.4, 0.5) is 0 Å². The maximum absolute atomic E-state index is 12.6. The van der Waals surface area contributed by atoms with Crippen molar-refractivity contribution in [1.29, 1.82) is 0 Å². The van der Waals surface area contributed by atoms with Crippen molar-refractivity contribution in [3.63, 3.8) is 0 Å². The van der Waals surface area contributed by atoms with Crippen LogP contribution in [0.2, 0.25) is 0 Å². The van der Waals surface area contributed by atoms with Crippen molar-refractivity contribution in [3.8, 4) is 11.5 Å². The van der Waals surface area contributed by atoms with Crippen molar-refractivity contribution in [2.75, 3.05) is 25.6 Å². The van der Waals surface area contributed by atoms with E-state index in [1.54, 1.807) is 0 Å². The van der Waals surface area contributed by atoms with Gasteiger partial charge in [0, 0.05) is 12.3 Å². The fourth-order valence-electron chi connectivity index (χ4n) is 3.77. The molecule has 0 unspecified atom stereocenters. The predicted molar refractivity (Wildman–Crippen MR) is 115 cm³/mol. The van der Waals surface area contributed by atoms with Crippen LogP contribution in [0.1, 0.15) is 42.8 Å². The number of aromatic nitrogens is 2. The van der Waals surface area contributed by atoms with E-state index in [9.17, 15) is 4.79 Å². The van der Waals surface area contributed by atoms with Gasteiger partial charge in [0.1, 0.15) is 13.2 Å². The molecule has 3 heterocycles. The second-order valence-electron chi connectivity index (χ2n) is 7.79. The van der Waals surface area contributed by atoms with Gasteiger partial charge in [0.05, 0.1) is 30.1 Å². The molecule has 1 aromatic heterocycles. The lowest BCUT2D eigenvalue weighted by molar-refractivity contribution is -0.119. The minimum absolute atomic E-state index is 0.0237. The Labute approximate surface area is 181 Å². The second-order valence-corrected chi connectivity index (χ2v) is 8.73. The van der Waals surface area contributed by atoms with Gasteiger partial charge in [-0.1, -0.05) is 17.8 Å². The Morgan fingerprint density at radius 3 is 2.83 bits per heavy atom. The maximum atomic E-state index is 12.6. The molecular weight excluding hydrogens is 402 g/mol. The molecule has 0 bridgehead atoms. The number of ether oxygens (including phenoxy) is 3. The summed E-state index contributed by atoms with van der Waals surface area (Å²) in [6, 6.07) is 5.68. The number of aryl methyl sites for hydroxylation is 1. The normalized spacial score (nSPS) is 19.0. The van der Waals surface area contributed by atoms with E-state index in [0.29, 0.717) is 19.0 Å². The SMILES string of the molecule is Cc1nc(SCC(=O)N[C@H](C)c2ccc3c(c2)OCCO3)n(C[C@@H]2CCCO2)c1C. The lowest BCUT2D eigenvalue weighted by atomic mass is 10.1. The summed E-state index contributed by atoms with van der Waals surface area (Å²) < 4.78 is 19.2. The van der Waals surface area contributed by atoms with Crippen molar-refractivity contribution in [2.24, 2.45) is 0 Å². The van der Waals surface area contributed by atoms with Gasteiger partial charge in [-0.2, -0.15) is 0 Å². The lowest BCUT2D eigenvalue weighted by Crippen LogP contribution is -2.28. The second kappa shape index (κ2) is 9.31. The molecule has 8 heteroatoms. The number of thioether (sulfide) groups is 1. The number of hydrogen-bond acceptors (Lipinski definition) is 6. The molecule has 1 N–H and O–H groups in total. The van der Waals surface area contributed by atoms with Crippen LogP contribution in [0.3, 0.4) is 0 Å². The summed E-state index contributed by atoms with van der Waals surface area (Å²) in [6.07, 6.45) is 2.43. The number of nitrogens with zero attached hydrogens (tertiary/aromatic N) is 2. The highest BCUT2D eigenvalue weighted by Crippen LogP contribution is 2.32. The number of benzene rings is 1. The Kier molecular flexibility index (Phi) is 6.53. The third-order valence-electron chi connectivity index (χ3n) is 5.61. The Morgan fingerprint density at radius 2 is 2.07 bits per heavy atom. The molecule has 0 radical (unpaired) electrons. The summed E-state index contributed by atoms with van der Waals surface area (Å²) in [6.45, 7) is 8.80. The summed E-state index contributed by atoms with van der Waals surface area (Å²) in [4.78, 5) is 17.3. The molecule has 2 atom stereocenters. The van der Waals surface area contributed by atoms with E-state index < -0.39 is 0 Å². The number of carbonyl (C=O) groups excluding carboxylic acids is 1. The van der Waals surface area contributed by atoms with Crippen molar-refractivity contribution < 1.29 is 19.0 Å². The minimum Gasteiger partial charge on any atom is -0.486 e. The third-order valence-corrected chi connectivity index (χ3v) is 6.59. The van der Waals surface area contributed by atoms with Gasteiger partial charge in [-0.25, -0.2) is 4.98 Å². The molecule has 30 heavy (non-hydrogen) atoms. The molecule has 0 aliphatic carbocycles. The average molecular weight is 432 g/mol. The number of fused-ring (bicyclic) bond motifs is 1. The fraction of sp³-hybridized carbons (Fsp3) is 0.545. The van der Waals surface area contributed by atoms with Gasteiger partial charge in [-0.3, -0.25) is 4.79 Å². The number of nitrogens with one attached hydrogen (secondary N) is 1. The van der Waals surface area contributed by atoms with Crippen LogP contribution in [0, 0.1) is 13.8 Å². The molecule has 0 spiro atoms. The molecule has 0 saturated carbocycles. The molecule has 2 aliphatic heterocycles. The summed E-state index contributed by atoms with van der Waals surface area (Å²) in [5.41, 5.74) is 3.13. The van der Waals surface area contributed by atoms with E-state index >= 15 is 0 Å². The highest BCUT2D eigenvalue weighted by atomic mass is 32.2. The van der Waals surface area contributed by atoms with Gasteiger partial charge >= 0.3 is 0 Å². The zero-order valence-corrected chi connectivity index (χ0v) is 18.6. The van der Waals surface area contributed by atoms with E-state index in [-0.39, 0.29) is 18.1 Å². The molecule has 1 amide bonds. The number of carbonyl (C=O) groups is 1. The van der Waals surface area contributed by atoms with Crippen LogP contribution in [0.15, 0.2) is 23.4 Å². The smallest absolute Gasteiger partial charge is 0.230 e. The van der Waals surface area contributed by atoms with Gasteiger partial charge in [0.2, 0.25) is 5.91 Å². The third kappa shape index (κ3) is 4.75. The van der Waals surface area contributed by atoms with Crippen molar-refractivity contribution in [3.05, 3.63) is 35.2 Å². The van der Waals surface area contributed by atoms with Crippen LogP contribution in [0.25, 0.3) is 0 Å². The van der Waals surface area contributed by atoms with E-state index in [0.717, 1.165) is 59.6 Å². The molecule has 4 rings (SSSR count). The minimum atomic E-state index is -0.121.